The minimum Gasteiger partial charge on any atom is -0.481 e. The monoisotopic (exact) mass is 252 g/mol. The van der Waals surface area contributed by atoms with Gasteiger partial charge in [-0.3, -0.25) is 4.79 Å². The first kappa shape index (κ1) is 14.7. The molecule has 4 nitrogen and oxygen atoms in total. The van der Waals surface area contributed by atoms with Gasteiger partial charge in [0.1, 0.15) is 0 Å². The second kappa shape index (κ2) is 7.84. The molecule has 0 saturated carbocycles. The van der Waals surface area contributed by atoms with E-state index in [4.69, 9.17) is 14.9 Å². The van der Waals surface area contributed by atoms with Gasteiger partial charge >= 0.3 is 5.97 Å². The molecule has 0 aliphatic rings. The third-order valence-corrected chi connectivity index (χ3v) is 2.80. The van der Waals surface area contributed by atoms with E-state index in [1.54, 1.807) is 0 Å². The third kappa shape index (κ3) is 5.29. The Hall–Kier alpha value is -1.39. The molecule has 0 amide bonds. The maximum absolute atomic E-state index is 11.1. The summed E-state index contributed by atoms with van der Waals surface area (Å²) >= 11 is 0. The number of aliphatic carboxylic acids is 1. The Morgan fingerprint density at radius 2 is 1.94 bits per heavy atom. The Bertz CT molecular complexity index is 359. The lowest BCUT2D eigenvalue weighted by Gasteiger charge is -2.12. The van der Waals surface area contributed by atoms with Crippen molar-refractivity contribution < 1.29 is 19.7 Å². The summed E-state index contributed by atoms with van der Waals surface area (Å²) in [6.07, 6.45) is 0.974. The lowest BCUT2D eigenvalue weighted by Crippen LogP contribution is -2.19. The van der Waals surface area contributed by atoms with E-state index in [1.165, 1.54) is 0 Å². The largest absolute Gasteiger partial charge is 0.481 e. The number of hydrogen-bond acceptors (Lipinski definition) is 3. The van der Waals surface area contributed by atoms with E-state index in [-0.39, 0.29) is 13.2 Å². The van der Waals surface area contributed by atoms with Crippen molar-refractivity contribution in [3.05, 3.63) is 35.4 Å². The molecule has 1 atom stereocenters. The van der Waals surface area contributed by atoms with Crippen LogP contribution in [-0.2, 0) is 16.0 Å². The molecule has 1 unspecified atom stereocenters. The van der Waals surface area contributed by atoms with Gasteiger partial charge in [-0.15, -0.1) is 0 Å². The quantitative estimate of drug-likeness (QED) is 0.690. The molecule has 18 heavy (non-hydrogen) atoms. The van der Waals surface area contributed by atoms with Crippen molar-refractivity contribution in [1.82, 2.24) is 0 Å². The maximum atomic E-state index is 11.1. The van der Waals surface area contributed by atoms with Crippen molar-refractivity contribution in [2.75, 3.05) is 19.8 Å². The van der Waals surface area contributed by atoms with Crippen LogP contribution in [0.4, 0.5) is 0 Å². The molecular weight excluding hydrogens is 232 g/mol. The van der Waals surface area contributed by atoms with Crippen molar-refractivity contribution >= 4 is 5.97 Å². The molecule has 1 aromatic rings. The number of ether oxygens (including phenoxy) is 1. The molecule has 0 aromatic heterocycles. The minimum atomic E-state index is -0.803. The van der Waals surface area contributed by atoms with Gasteiger partial charge in [0.05, 0.1) is 19.1 Å². The summed E-state index contributed by atoms with van der Waals surface area (Å²) in [4.78, 5) is 11.1. The zero-order valence-electron chi connectivity index (χ0n) is 10.6. The van der Waals surface area contributed by atoms with Gasteiger partial charge in [-0.25, -0.2) is 0 Å². The lowest BCUT2D eigenvalue weighted by molar-refractivity contribution is -0.142. The van der Waals surface area contributed by atoms with Crippen LogP contribution in [0.3, 0.4) is 0 Å². The number of carbonyl (C=O) groups is 1. The summed E-state index contributed by atoms with van der Waals surface area (Å²) in [6.45, 7) is 2.59. The highest BCUT2D eigenvalue weighted by Crippen LogP contribution is 2.14. The molecule has 4 heteroatoms. The first-order chi connectivity index (χ1) is 8.63. The van der Waals surface area contributed by atoms with E-state index in [1.807, 2.05) is 31.2 Å². The normalized spacial score (nSPS) is 12.3. The topological polar surface area (TPSA) is 66.8 Å². The van der Waals surface area contributed by atoms with Crippen LogP contribution < -0.4 is 0 Å². The van der Waals surface area contributed by atoms with Gasteiger partial charge in [0.25, 0.3) is 0 Å². The zero-order valence-corrected chi connectivity index (χ0v) is 10.6. The summed E-state index contributed by atoms with van der Waals surface area (Å²) in [7, 11) is 0. The molecule has 2 N–H and O–H groups in total. The SMILES string of the molecule is Cc1ccc(CC(CCOCCO)C(=O)O)cc1. The predicted octanol–water partition coefficient (Wildman–Crippen LogP) is 1.64. The summed E-state index contributed by atoms with van der Waals surface area (Å²) in [5.74, 6) is -1.24. The number of hydrogen-bond donors (Lipinski definition) is 2. The number of aliphatic hydroxyl groups excluding tert-OH is 1. The Morgan fingerprint density at radius 1 is 1.28 bits per heavy atom. The van der Waals surface area contributed by atoms with Crippen LogP contribution in [0.25, 0.3) is 0 Å². The molecule has 0 radical (unpaired) electrons. The van der Waals surface area contributed by atoms with Crippen LogP contribution in [-0.4, -0.2) is 36.0 Å². The van der Waals surface area contributed by atoms with E-state index >= 15 is 0 Å². The van der Waals surface area contributed by atoms with Crippen molar-refractivity contribution in [3.8, 4) is 0 Å². The third-order valence-electron chi connectivity index (χ3n) is 2.80. The van der Waals surface area contributed by atoms with Crippen LogP contribution >= 0.6 is 0 Å². The van der Waals surface area contributed by atoms with Crippen molar-refractivity contribution in [3.63, 3.8) is 0 Å². The van der Waals surface area contributed by atoms with Crippen LogP contribution in [0.15, 0.2) is 24.3 Å². The fraction of sp³-hybridized carbons (Fsp3) is 0.500. The van der Waals surface area contributed by atoms with Crippen molar-refractivity contribution in [2.45, 2.75) is 19.8 Å². The lowest BCUT2D eigenvalue weighted by atomic mass is 9.96. The van der Waals surface area contributed by atoms with E-state index < -0.39 is 11.9 Å². The molecule has 0 saturated heterocycles. The van der Waals surface area contributed by atoms with Crippen molar-refractivity contribution in [2.24, 2.45) is 5.92 Å². The van der Waals surface area contributed by atoms with Crippen LogP contribution in [0, 0.1) is 12.8 Å². The van der Waals surface area contributed by atoms with Gasteiger partial charge < -0.3 is 14.9 Å². The standard InChI is InChI=1S/C14H20O4/c1-11-2-4-12(5-3-11)10-13(14(16)17)6-8-18-9-7-15/h2-5,13,15H,6-10H2,1H3,(H,16,17). The molecule has 100 valence electrons. The Balaban J connectivity index is 2.47. The molecule has 0 spiro atoms. The minimum absolute atomic E-state index is 0.0320. The average molecular weight is 252 g/mol. The van der Waals surface area contributed by atoms with Crippen molar-refractivity contribution in [1.29, 1.82) is 0 Å². The first-order valence-electron chi connectivity index (χ1n) is 6.10. The van der Waals surface area contributed by atoms with Gasteiger partial charge in [-0.05, 0) is 25.3 Å². The fourth-order valence-corrected chi connectivity index (χ4v) is 1.71. The molecule has 1 aromatic carbocycles. The van der Waals surface area contributed by atoms with Crippen LogP contribution in [0.5, 0.6) is 0 Å². The first-order valence-corrected chi connectivity index (χ1v) is 6.10. The summed E-state index contributed by atoms with van der Waals surface area (Å²) < 4.78 is 5.11. The molecule has 0 aliphatic carbocycles. The van der Waals surface area contributed by atoms with Crippen LogP contribution in [0.1, 0.15) is 17.5 Å². The second-order valence-electron chi connectivity index (χ2n) is 4.35. The summed E-state index contributed by atoms with van der Waals surface area (Å²) in [6, 6.07) is 7.88. The van der Waals surface area contributed by atoms with E-state index in [9.17, 15) is 4.79 Å². The Labute approximate surface area is 107 Å². The van der Waals surface area contributed by atoms with E-state index in [0.29, 0.717) is 19.4 Å². The maximum Gasteiger partial charge on any atom is 0.306 e. The Morgan fingerprint density at radius 3 is 2.50 bits per heavy atom. The van der Waals surface area contributed by atoms with Gasteiger partial charge in [0.15, 0.2) is 0 Å². The molecular formula is C14H20O4. The summed E-state index contributed by atoms with van der Waals surface area (Å²) in [5, 5.41) is 17.7. The second-order valence-corrected chi connectivity index (χ2v) is 4.35. The van der Waals surface area contributed by atoms with E-state index in [2.05, 4.69) is 0 Å². The number of benzene rings is 1. The predicted molar refractivity (Wildman–Crippen MR) is 68.5 cm³/mol. The Kier molecular flexibility index (Phi) is 6.39. The highest BCUT2D eigenvalue weighted by molar-refractivity contribution is 5.70. The number of rotatable bonds is 8. The van der Waals surface area contributed by atoms with Gasteiger partial charge in [-0.2, -0.15) is 0 Å². The average Bonchev–Trinajstić information content (AvgIpc) is 2.35. The van der Waals surface area contributed by atoms with Crippen LogP contribution in [0.2, 0.25) is 0 Å². The fourth-order valence-electron chi connectivity index (χ4n) is 1.71. The van der Waals surface area contributed by atoms with Gasteiger partial charge in [0.2, 0.25) is 0 Å². The number of carboxylic acid groups (broad SMARTS) is 1. The molecule has 0 aliphatic heterocycles. The van der Waals surface area contributed by atoms with E-state index in [0.717, 1.165) is 11.1 Å². The number of aliphatic hydroxyl groups is 1. The number of carboxylic acids is 1. The highest BCUT2D eigenvalue weighted by Gasteiger charge is 2.17. The number of aryl methyl sites for hydroxylation is 1. The van der Waals surface area contributed by atoms with Gasteiger partial charge in [0, 0.05) is 6.61 Å². The molecule has 0 fully saturated rings. The molecule has 0 bridgehead atoms. The molecule has 1 rings (SSSR count). The molecule has 0 heterocycles. The van der Waals surface area contributed by atoms with Gasteiger partial charge in [-0.1, -0.05) is 29.8 Å². The zero-order chi connectivity index (χ0) is 13.4. The summed E-state index contributed by atoms with van der Waals surface area (Å²) in [5.41, 5.74) is 2.19. The smallest absolute Gasteiger partial charge is 0.306 e. The highest BCUT2D eigenvalue weighted by atomic mass is 16.5.